The van der Waals surface area contributed by atoms with Gasteiger partial charge in [-0.25, -0.2) is 0 Å². The third-order valence-corrected chi connectivity index (χ3v) is 4.27. The van der Waals surface area contributed by atoms with Crippen LogP contribution in [0.2, 0.25) is 5.02 Å². The number of halogens is 1. The number of benzene rings is 1. The van der Waals surface area contributed by atoms with Gasteiger partial charge in [0.15, 0.2) is 0 Å². The van der Waals surface area contributed by atoms with Gasteiger partial charge in [0, 0.05) is 5.02 Å². The minimum atomic E-state index is 0.828. The molecule has 0 aromatic heterocycles. The van der Waals surface area contributed by atoms with Crippen molar-refractivity contribution < 1.29 is 0 Å². The van der Waals surface area contributed by atoms with Crippen LogP contribution in [0.5, 0.6) is 0 Å². The molecule has 0 spiro atoms. The van der Waals surface area contributed by atoms with Crippen LogP contribution in [-0.4, -0.2) is 13.1 Å². The summed E-state index contributed by atoms with van der Waals surface area (Å²) in [6.07, 6.45) is 3.89. The van der Waals surface area contributed by atoms with Gasteiger partial charge in [-0.15, -0.1) is 0 Å². The summed E-state index contributed by atoms with van der Waals surface area (Å²) in [4.78, 5) is 0. The maximum Gasteiger partial charge on any atom is 0.0440 e. The number of hydrogen-bond acceptors (Lipinski definition) is 1. The Bertz CT molecular complexity index is 375. The molecule has 0 heterocycles. The summed E-state index contributed by atoms with van der Waals surface area (Å²) in [6.45, 7) is 6.51. The summed E-state index contributed by atoms with van der Waals surface area (Å²) in [6, 6.07) is 6.44. The molecule has 2 heteroatoms. The van der Waals surface area contributed by atoms with Crippen molar-refractivity contribution in [3.8, 4) is 0 Å². The number of rotatable bonds is 5. The fraction of sp³-hybridized carbons (Fsp3) is 0.600. The molecule has 2 unspecified atom stereocenters. The van der Waals surface area contributed by atoms with Crippen LogP contribution in [-0.2, 0) is 6.42 Å². The van der Waals surface area contributed by atoms with E-state index in [0.29, 0.717) is 0 Å². The highest BCUT2D eigenvalue weighted by Crippen LogP contribution is 2.37. The van der Waals surface area contributed by atoms with Crippen LogP contribution in [0.25, 0.3) is 0 Å². The minimum Gasteiger partial charge on any atom is -0.317 e. The van der Waals surface area contributed by atoms with Crippen molar-refractivity contribution in [2.45, 2.75) is 33.1 Å². The van der Waals surface area contributed by atoms with Gasteiger partial charge in [0.05, 0.1) is 0 Å². The summed E-state index contributed by atoms with van der Waals surface area (Å²) < 4.78 is 0. The molecular formula is C15H22ClN. The Morgan fingerprint density at radius 3 is 2.65 bits per heavy atom. The Hall–Kier alpha value is -0.530. The molecule has 1 saturated carbocycles. The lowest BCUT2D eigenvalue weighted by Gasteiger charge is -2.37. The van der Waals surface area contributed by atoms with Crippen molar-refractivity contribution >= 4 is 11.6 Å². The number of nitrogens with one attached hydrogen (secondary N) is 1. The van der Waals surface area contributed by atoms with Gasteiger partial charge in [-0.1, -0.05) is 30.7 Å². The van der Waals surface area contributed by atoms with Gasteiger partial charge in [0.1, 0.15) is 0 Å². The van der Waals surface area contributed by atoms with E-state index in [2.05, 4.69) is 37.4 Å². The Kier molecular flexibility index (Phi) is 4.47. The second-order valence-electron chi connectivity index (χ2n) is 5.20. The Morgan fingerprint density at radius 1 is 1.29 bits per heavy atom. The largest absolute Gasteiger partial charge is 0.317 e. The van der Waals surface area contributed by atoms with Crippen LogP contribution in [0.3, 0.4) is 0 Å². The second-order valence-corrected chi connectivity index (χ2v) is 5.61. The highest BCUT2D eigenvalue weighted by molar-refractivity contribution is 6.31. The smallest absolute Gasteiger partial charge is 0.0440 e. The molecule has 0 amide bonds. The van der Waals surface area contributed by atoms with Gasteiger partial charge in [-0.3, -0.25) is 0 Å². The maximum absolute atomic E-state index is 6.29. The molecule has 2 rings (SSSR count). The van der Waals surface area contributed by atoms with Crippen molar-refractivity contribution in [3.63, 3.8) is 0 Å². The van der Waals surface area contributed by atoms with Crippen LogP contribution in [0.4, 0.5) is 0 Å². The topological polar surface area (TPSA) is 12.0 Å². The monoisotopic (exact) mass is 251 g/mol. The van der Waals surface area contributed by atoms with E-state index in [1.54, 1.807) is 0 Å². The molecule has 0 saturated heterocycles. The Labute approximate surface area is 110 Å². The standard InChI is InChI=1S/C15H22ClN/c1-3-17-10-14-7-6-12(14)9-13-5-4-11(2)8-15(13)16/h4-5,8,12,14,17H,3,6-7,9-10H2,1-2H3. The van der Waals surface area contributed by atoms with Gasteiger partial charge in [-0.05, 0) is 68.3 Å². The van der Waals surface area contributed by atoms with E-state index in [-0.39, 0.29) is 0 Å². The predicted molar refractivity (Wildman–Crippen MR) is 74.7 cm³/mol. The lowest BCUT2D eigenvalue weighted by molar-refractivity contribution is 0.172. The zero-order valence-corrected chi connectivity index (χ0v) is 11.6. The first kappa shape index (κ1) is 12.9. The minimum absolute atomic E-state index is 0.828. The van der Waals surface area contributed by atoms with E-state index in [9.17, 15) is 0 Å². The molecule has 1 aliphatic carbocycles. The molecule has 1 nitrogen and oxygen atoms in total. The van der Waals surface area contributed by atoms with E-state index >= 15 is 0 Å². The summed E-state index contributed by atoms with van der Waals surface area (Å²) in [5, 5.41) is 4.40. The first-order valence-corrected chi connectivity index (χ1v) is 7.04. The summed E-state index contributed by atoms with van der Waals surface area (Å²) in [7, 11) is 0. The SMILES string of the molecule is CCNCC1CCC1Cc1ccc(C)cc1Cl. The highest BCUT2D eigenvalue weighted by Gasteiger charge is 2.30. The molecule has 1 aliphatic rings. The van der Waals surface area contributed by atoms with Crippen molar-refractivity contribution in [2.75, 3.05) is 13.1 Å². The fourth-order valence-electron chi connectivity index (χ4n) is 2.61. The van der Waals surface area contributed by atoms with E-state index < -0.39 is 0 Å². The fourth-order valence-corrected chi connectivity index (χ4v) is 2.92. The van der Waals surface area contributed by atoms with Gasteiger partial charge in [0.25, 0.3) is 0 Å². The van der Waals surface area contributed by atoms with Gasteiger partial charge in [0.2, 0.25) is 0 Å². The van der Waals surface area contributed by atoms with Crippen LogP contribution in [0.15, 0.2) is 18.2 Å². The van der Waals surface area contributed by atoms with Crippen LogP contribution >= 0.6 is 11.6 Å². The third-order valence-electron chi connectivity index (χ3n) is 3.92. The number of aryl methyl sites for hydroxylation is 1. The molecule has 2 atom stereocenters. The van der Waals surface area contributed by atoms with E-state index in [1.165, 1.54) is 30.5 Å². The van der Waals surface area contributed by atoms with E-state index in [0.717, 1.165) is 29.8 Å². The van der Waals surface area contributed by atoms with Crippen LogP contribution in [0, 0.1) is 18.8 Å². The van der Waals surface area contributed by atoms with Crippen LogP contribution < -0.4 is 5.32 Å². The third kappa shape index (κ3) is 3.23. The van der Waals surface area contributed by atoms with Crippen molar-refractivity contribution in [3.05, 3.63) is 34.3 Å². The zero-order valence-electron chi connectivity index (χ0n) is 10.8. The maximum atomic E-state index is 6.29. The van der Waals surface area contributed by atoms with Gasteiger partial charge < -0.3 is 5.32 Å². The molecule has 17 heavy (non-hydrogen) atoms. The predicted octanol–water partition coefficient (Wildman–Crippen LogP) is 3.83. The second kappa shape index (κ2) is 5.88. The highest BCUT2D eigenvalue weighted by atomic mass is 35.5. The van der Waals surface area contributed by atoms with E-state index in [1.807, 2.05) is 0 Å². The van der Waals surface area contributed by atoms with Crippen LogP contribution in [0.1, 0.15) is 30.9 Å². The Balaban J connectivity index is 1.92. The normalized spacial score (nSPS) is 23.5. The van der Waals surface area contributed by atoms with Gasteiger partial charge in [-0.2, -0.15) is 0 Å². The lowest BCUT2D eigenvalue weighted by Crippen LogP contribution is -2.36. The molecule has 1 aromatic carbocycles. The summed E-state index contributed by atoms with van der Waals surface area (Å²) in [5.41, 5.74) is 2.57. The average molecular weight is 252 g/mol. The lowest BCUT2D eigenvalue weighted by atomic mass is 9.70. The Morgan fingerprint density at radius 2 is 2.06 bits per heavy atom. The number of hydrogen-bond donors (Lipinski definition) is 1. The summed E-state index contributed by atoms with van der Waals surface area (Å²) >= 11 is 6.29. The molecule has 1 fully saturated rings. The first-order chi connectivity index (χ1) is 8.20. The average Bonchev–Trinajstić information content (AvgIpc) is 2.27. The molecule has 0 radical (unpaired) electrons. The molecule has 0 aliphatic heterocycles. The zero-order chi connectivity index (χ0) is 12.3. The van der Waals surface area contributed by atoms with Gasteiger partial charge >= 0.3 is 0 Å². The van der Waals surface area contributed by atoms with E-state index in [4.69, 9.17) is 11.6 Å². The first-order valence-electron chi connectivity index (χ1n) is 6.66. The molecule has 94 valence electrons. The quantitative estimate of drug-likeness (QED) is 0.839. The molecular weight excluding hydrogens is 230 g/mol. The molecule has 0 bridgehead atoms. The summed E-state index contributed by atoms with van der Waals surface area (Å²) in [5.74, 6) is 1.68. The molecule has 1 aromatic rings. The van der Waals surface area contributed by atoms with Crippen molar-refractivity contribution in [2.24, 2.45) is 11.8 Å². The van der Waals surface area contributed by atoms with Crippen molar-refractivity contribution in [1.29, 1.82) is 0 Å². The molecule has 1 N–H and O–H groups in total. The van der Waals surface area contributed by atoms with Crippen molar-refractivity contribution in [1.82, 2.24) is 5.32 Å².